The molecule has 2 rings (SSSR count). The van der Waals surface area contributed by atoms with Crippen molar-refractivity contribution < 1.29 is 4.79 Å². The van der Waals surface area contributed by atoms with E-state index in [-0.39, 0.29) is 0 Å². The highest BCUT2D eigenvalue weighted by molar-refractivity contribution is 5.73. The number of hydrogen-bond donors (Lipinski definition) is 0. The number of anilines is 1. The van der Waals surface area contributed by atoms with Gasteiger partial charge in [0.05, 0.1) is 5.56 Å². The van der Waals surface area contributed by atoms with Crippen LogP contribution >= 0.6 is 0 Å². The molecule has 1 aliphatic heterocycles. The second-order valence-corrected chi connectivity index (χ2v) is 4.62. The molecule has 1 saturated heterocycles. The van der Waals surface area contributed by atoms with Crippen molar-refractivity contribution in [2.24, 2.45) is 11.8 Å². The van der Waals surface area contributed by atoms with E-state index in [0.717, 1.165) is 31.2 Å². The molecule has 0 saturated carbocycles. The molecule has 1 fully saturated rings. The minimum absolute atomic E-state index is 0.530. The van der Waals surface area contributed by atoms with Crippen LogP contribution in [0.1, 0.15) is 30.6 Å². The van der Waals surface area contributed by atoms with Crippen LogP contribution in [0.5, 0.6) is 0 Å². The summed E-state index contributed by atoms with van der Waals surface area (Å²) < 4.78 is 0. The Morgan fingerprint density at radius 1 is 1.31 bits per heavy atom. The number of carbonyl (C=O) groups is 1. The van der Waals surface area contributed by atoms with E-state index in [9.17, 15) is 4.79 Å². The van der Waals surface area contributed by atoms with E-state index < -0.39 is 0 Å². The maximum Gasteiger partial charge on any atom is 0.225 e. The van der Waals surface area contributed by atoms with Crippen LogP contribution in [-0.2, 0) is 0 Å². The van der Waals surface area contributed by atoms with Crippen LogP contribution < -0.4 is 4.90 Å². The van der Waals surface area contributed by atoms with E-state index in [1.54, 1.807) is 12.4 Å². The van der Waals surface area contributed by atoms with Gasteiger partial charge in [0, 0.05) is 25.5 Å². The predicted molar refractivity (Wildman–Crippen MR) is 62.6 cm³/mol. The van der Waals surface area contributed by atoms with Gasteiger partial charge in [-0.2, -0.15) is 0 Å². The lowest BCUT2D eigenvalue weighted by Gasteiger charge is -2.35. The molecule has 0 bridgehead atoms. The van der Waals surface area contributed by atoms with Crippen LogP contribution in [0.25, 0.3) is 0 Å². The first-order valence-corrected chi connectivity index (χ1v) is 5.73. The summed E-state index contributed by atoms with van der Waals surface area (Å²) in [4.78, 5) is 21.1. The Labute approximate surface area is 95.7 Å². The Morgan fingerprint density at radius 3 is 2.56 bits per heavy atom. The molecule has 2 heterocycles. The Kier molecular flexibility index (Phi) is 3.17. The number of aromatic nitrogens is 2. The summed E-state index contributed by atoms with van der Waals surface area (Å²) in [6.07, 6.45) is 5.11. The molecule has 16 heavy (non-hydrogen) atoms. The lowest BCUT2D eigenvalue weighted by atomic mass is 9.89. The molecule has 4 nitrogen and oxygen atoms in total. The Bertz CT molecular complexity index is 363. The van der Waals surface area contributed by atoms with E-state index in [2.05, 4.69) is 28.7 Å². The molecule has 0 spiro atoms. The third-order valence-electron chi connectivity index (χ3n) is 3.41. The second-order valence-electron chi connectivity index (χ2n) is 4.62. The summed E-state index contributed by atoms with van der Waals surface area (Å²) in [5.41, 5.74) is 0.530. The quantitative estimate of drug-likeness (QED) is 0.711. The highest BCUT2D eigenvalue weighted by Crippen LogP contribution is 2.24. The highest BCUT2D eigenvalue weighted by atomic mass is 16.1. The third-order valence-corrected chi connectivity index (χ3v) is 3.41. The van der Waals surface area contributed by atoms with Crippen molar-refractivity contribution in [2.75, 3.05) is 18.0 Å². The first-order chi connectivity index (χ1) is 7.70. The normalized spacial score (nSPS) is 25.5. The van der Waals surface area contributed by atoms with Crippen LogP contribution in [-0.4, -0.2) is 29.3 Å². The molecule has 0 aromatic carbocycles. The molecule has 2 unspecified atom stereocenters. The van der Waals surface area contributed by atoms with Crippen molar-refractivity contribution in [1.82, 2.24) is 9.97 Å². The average molecular weight is 219 g/mol. The average Bonchev–Trinajstić information content (AvgIpc) is 2.33. The van der Waals surface area contributed by atoms with E-state index >= 15 is 0 Å². The van der Waals surface area contributed by atoms with E-state index in [0.29, 0.717) is 11.5 Å². The van der Waals surface area contributed by atoms with Crippen LogP contribution in [0, 0.1) is 11.8 Å². The zero-order valence-electron chi connectivity index (χ0n) is 9.76. The van der Waals surface area contributed by atoms with E-state index in [1.165, 1.54) is 6.42 Å². The van der Waals surface area contributed by atoms with Gasteiger partial charge in [0.25, 0.3) is 0 Å². The summed E-state index contributed by atoms with van der Waals surface area (Å²) in [5.74, 6) is 2.18. The van der Waals surface area contributed by atoms with Gasteiger partial charge in [-0.25, -0.2) is 9.97 Å². The van der Waals surface area contributed by atoms with Gasteiger partial charge in [0.2, 0.25) is 5.95 Å². The monoisotopic (exact) mass is 219 g/mol. The maximum atomic E-state index is 10.5. The molecule has 4 heteroatoms. The second kappa shape index (κ2) is 4.60. The van der Waals surface area contributed by atoms with Crippen molar-refractivity contribution >= 4 is 12.2 Å². The van der Waals surface area contributed by atoms with Crippen LogP contribution in [0.2, 0.25) is 0 Å². The molecule has 86 valence electrons. The van der Waals surface area contributed by atoms with E-state index in [1.807, 2.05) is 0 Å². The van der Waals surface area contributed by atoms with Crippen LogP contribution in [0.4, 0.5) is 5.95 Å². The lowest BCUT2D eigenvalue weighted by molar-refractivity contribution is 0.112. The molecule has 1 aromatic rings. The minimum atomic E-state index is 0.530. The Hall–Kier alpha value is -1.45. The van der Waals surface area contributed by atoms with Crippen molar-refractivity contribution in [2.45, 2.75) is 20.3 Å². The van der Waals surface area contributed by atoms with Crippen molar-refractivity contribution in [1.29, 1.82) is 0 Å². The van der Waals surface area contributed by atoms with Crippen LogP contribution in [0.15, 0.2) is 12.4 Å². The van der Waals surface area contributed by atoms with Crippen LogP contribution in [0.3, 0.4) is 0 Å². The summed E-state index contributed by atoms with van der Waals surface area (Å²) in [7, 11) is 0. The maximum absolute atomic E-state index is 10.5. The summed E-state index contributed by atoms with van der Waals surface area (Å²) in [6, 6.07) is 0. The third kappa shape index (κ3) is 2.21. The van der Waals surface area contributed by atoms with Gasteiger partial charge in [-0.1, -0.05) is 13.8 Å². The molecule has 2 atom stereocenters. The Balaban J connectivity index is 2.09. The SMILES string of the molecule is CC1CCN(c2ncc(C=O)cn2)CC1C. The number of carbonyl (C=O) groups excluding carboxylic acids is 1. The fourth-order valence-corrected chi connectivity index (χ4v) is 2.00. The van der Waals surface area contributed by atoms with Crippen molar-refractivity contribution in [3.05, 3.63) is 18.0 Å². The fraction of sp³-hybridized carbons (Fsp3) is 0.583. The van der Waals surface area contributed by atoms with E-state index in [4.69, 9.17) is 0 Å². The molecule has 1 aliphatic rings. The van der Waals surface area contributed by atoms with Gasteiger partial charge in [-0.05, 0) is 18.3 Å². The number of aldehydes is 1. The molecule has 1 aromatic heterocycles. The van der Waals surface area contributed by atoms with Gasteiger partial charge in [-0.15, -0.1) is 0 Å². The summed E-state index contributed by atoms with van der Waals surface area (Å²) >= 11 is 0. The zero-order valence-corrected chi connectivity index (χ0v) is 9.76. The zero-order chi connectivity index (χ0) is 11.5. The molecule has 0 amide bonds. The van der Waals surface area contributed by atoms with Gasteiger partial charge >= 0.3 is 0 Å². The number of nitrogens with zero attached hydrogens (tertiary/aromatic N) is 3. The smallest absolute Gasteiger partial charge is 0.225 e. The standard InChI is InChI=1S/C12H17N3O/c1-9-3-4-15(7-10(9)2)12-13-5-11(8-16)6-14-12/h5-6,8-10H,3-4,7H2,1-2H3. The summed E-state index contributed by atoms with van der Waals surface area (Å²) in [6.45, 7) is 6.56. The van der Waals surface area contributed by atoms with Gasteiger partial charge in [-0.3, -0.25) is 4.79 Å². The lowest BCUT2D eigenvalue weighted by Crippen LogP contribution is -2.39. The van der Waals surface area contributed by atoms with Gasteiger partial charge < -0.3 is 4.90 Å². The first kappa shape index (κ1) is 11.0. The largest absolute Gasteiger partial charge is 0.341 e. The van der Waals surface area contributed by atoms with Gasteiger partial charge in [0.1, 0.15) is 0 Å². The molecular formula is C12H17N3O. The minimum Gasteiger partial charge on any atom is -0.341 e. The van der Waals surface area contributed by atoms with Gasteiger partial charge in [0.15, 0.2) is 6.29 Å². The number of piperidine rings is 1. The highest BCUT2D eigenvalue weighted by Gasteiger charge is 2.23. The molecule has 0 radical (unpaired) electrons. The molecule has 0 aliphatic carbocycles. The number of rotatable bonds is 2. The Morgan fingerprint density at radius 2 is 2.00 bits per heavy atom. The topological polar surface area (TPSA) is 46.1 Å². The van der Waals surface area contributed by atoms with Crippen molar-refractivity contribution in [3.63, 3.8) is 0 Å². The first-order valence-electron chi connectivity index (χ1n) is 5.73. The fourth-order valence-electron chi connectivity index (χ4n) is 2.00. The van der Waals surface area contributed by atoms with Crippen molar-refractivity contribution in [3.8, 4) is 0 Å². The molecule has 0 N–H and O–H groups in total. The summed E-state index contributed by atoms with van der Waals surface area (Å²) in [5, 5.41) is 0. The predicted octanol–water partition coefficient (Wildman–Crippen LogP) is 1.77. The number of hydrogen-bond acceptors (Lipinski definition) is 4. The molecular weight excluding hydrogens is 202 g/mol.